The number of aryl methyl sites for hydroxylation is 2. The fourth-order valence-corrected chi connectivity index (χ4v) is 2.59. The molecule has 1 aromatic carbocycles. The normalized spacial score (nSPS) is 17.1. The second-order valence-corrected chi connectivity index (χ2v) is 5.74. The van der Waals surface area contributed by atoms with Gasteiger partial charge in [0, 0.05) is 19.6 Å². The van der Waals surface area contributed by atoms with Crippen LogP contribution in [0, 0.1) is 13.8 Å². The van der Waals surface area contributed by atoms with Crippen LogP contribution in [0.1, 0.15) is 24.0 Å². The van der Waals surface area contributed by atoms with E-state index in [1.807, 2.05) is 0 Å². The van der Waals surface area contributed by atoms with E-state index in [9.17, 15) is 0 Å². The molecule has 1 aromatic rings. The van der Waals surface area contributed by atoms with Crippen molar-refractivity contribution in [3.8, 4) is 5.75 Å². The van der Waals surface area contributed by atoms with Crippen molar-refractivity contribution in [1.82, 2.24) is 4.90 Å². The summed E-state index contributed by atoms with van der Waals surface area (Å²) in [6.07, 6.45) is 2.45. The fraction of sp³-hybridized carbons (Fsp3) is 0.647. The number of piperidine rings is 1. The molecular weight excluding hydrogens is 266 g/mol. The van der Waals surface area contributed by atoms with Gasteiger partial charge in [-0.15, -0.1) is 0 Å². The molecule has 2 rings (SSSR count). The summed E-state index contributed by atoms with van der Waals surface area (Å²) in [5.41, 5.74) is 2.59. The molecule has 1 heterocycles. The van der Waals surface area contributed by atoms with Crippen molar-refractivity contribution >= 4 is 0 Å². The van der Waals surface area contributed by atoms with Crippen LogP contribution in [0.25, 0.3) is 0 Å². The first-order chi connectivity index (χ1) is 10.2. The van der Waals surface area contributed by atoms with Crippen LogP contribution in [0.5, 0.6) is 5.75 Å². The molecule has 0 radical (unpaired) electrons. The molecule has 0 aromatic heterocycles. The van der Waals surface area contributed by atoms with Crippen molar-refractivity contribution in [1.29, 1.82) is 0 Å². The lowest BCUT2D eigenvalue weighted by Crippen LogP contribution is -2.39. The Hall–Kier alpha value is -1.10. The largest absolute Gasteiger partial charge is 0.490 e. The molecule has 0 amide bonds. The highest BCUT2D eigenvalue weighted by Gasteiger charge is 2.20. The maximum atomic E-state index is 8.66. The predicted molar refractivity (Wildman–Crippen MR) is 83.9 cm³/mol. The maximum absolute atomic E-state index is 8.66. The number of benzene rings is 1. The van der Waals surface area contributed by atoms with E-state index < -0.39 is 0 Å². The van der Waals surface area contributed by atoms with Gasteiger partial charge >= 0.3 is 0 Å². The van der Waals surface area contributed by atoms with Crippen LogP contribution in [0.15, 0.2) is 18.2 Å². The first-order valence-electron chi connectivity index (χ1n) is 7.84. The average Bonchev–Trinajstić information content (AvgIpc) is 2.49. The maximum Gasteiger partial charge on any atom is 0.120 e. The molecule has 4 heteroatoms. The van der Waals surface area contributed by atoms with Crippen LogP contribution in [-0.4, -0.2) is 55.6 Å². The molecule has 1 aliphatic rings. The molecule has 4 nitrogen and oxygen atoms in total. The summed E-state index contributed by atoms with van der Waals surface area (Å²) < 4.78 is 11.4. The van der Waals surface area contributed by atoms with E-state index in [-0.39, 0.29) is 6.61 Å². The molecular formula is C17H27NO3. The van der Waals surface area contributed by atoms with E-state index in [4.69, 9.17) is 14.6 Å². The third-order valence-corrected chi connectivity index (χ3v) is 4.10. The topological polar surface area (TPSA) is 41.9 Å². The minimum Gasteiger partial charge on any atom is -0.490 e. The third-order valence-electron chi connectivity index (χ3n) is 4.10. The van der Waals surface area contributed by atoms with Gasteiger partial charge in [0.05, 0.1) is 19.8 Å². The van der Waals surface area contributed by atoms with Crippen LogP contribution in [0.2, 0.25) is 0 Å². The number of hydrogen-bond donors (Lipinski definition) is 1. The van der Waals surface area contributed by atoms with E-state index >= 15 is 0 Å². The summed E-state index contributed by atoms with van der Waals surface area (Å²) in [6, 6.07) is 6.32. The van der Waals surface area contributed by atoms with Crippen LogP contribution in [0.3, 0.4) is 0 Å². The Bertz CT molecular complexity index is 428. The van der Waals surface area contributed by atoms with Gasteiger partial charge < -0.3 is 19.5 Å². The lowest BCUT2D eigenvalue weighted by molar-refractivity contribution is 0.0519. The van der Waals surface area contributed by atoms with Crippen molar-refractivity contribution in [2.45, 2.75) is 32.8 Å². The minimum atomic E-state index is 0.103. The minimum absolute atomic E-state index is 0.103. The van der Waals surface area contributed by atoms with E-state index in [1.165, 1.54) is 11.1 Å². The van der Waals surface area contributed by atoms with Gasteiger partial charge in [-0.1, -0.05) is 6.07 Å². The Labute approximate surface area is 127 Å². The number of ether oxygens (including phenoxy) is 2. The molecule has 0 atom stereocenters. The molecule has 0 bridgehead atoms. The molecule has 1 fully saturated rings. The summed E-state index contributed by atoms with van der Waals surface area (Å²) >= 11 is 0. The Morgan fingerprint density at radius 1 is 1.14 bits per heavy atom. The van der Waals surface area contributed by atoms with Crippen molar-refractivity contribution < 1.29 is 14.6 Å². The number of rotatable bonds is 7. The number of nitrogens with zero attached hydrogens (tertiary/aromatic N) is 1. The molecule has 0 saturated carbocycles. The quantitative estimate of drug-likeness (QED) is 0.782. The Kier molecular flexibility index (Phi) is 6.49. The zero-order valence-electron chi connectivity index (χ0n) is 13.2. The highest BCUT2D eigenvalue weighted by molar-refractivity contribution is 5.33. The first kappa shape index (κ1) is 16.3. The van der Waals surface area contributed by atoms with Gasteiger partial charge in [0.25, 0.3) is 0 Å². The molecule has 21 heavy (non-hydrogen) atoms. The zero-order valence-corrected chi connectivity index (χ0v) is 13.2. The van der Waals surface area contributed by atoms with Crippen LogP contribution in [0.4, 0.5) is 0 Å². The first-order valence-corrected chi connectivity index (χ1v) is 7.84. The number of aliphatic hydroxyl groups excluding tert-OH is 1. The van der Waals surface area contributed by atoms with E-state index in [1.54, 1.807) is 0 Å². The molecule has 1 aliphatic heterocycles. The monoisotopic (exact) mass is 293 g/mol. The molecule has 1 N–H and O–H groups in total. The second kappa shape index (κ2) is 8.37. The number of aliphatic hydroxyl groups is 1. The van der Waals surface area contributed by atoms with Gasteiger partial charge in [0.1, 0.15) is 11.9 Å². The van der Waals surface area contributed by atoms with E-state index in [0.29, 0.717) is 19.3 Å². The van der Waals surface area contributed by atoms with Gasteiger partial charge in [-0.25, -0.2) is 0 Å². The van der Waals surface area contributed by atoms with Gasteiger partial charge in [-0.05, 0) is 49.9 Å². The molecule has 0 aliphatic carbocycles. The summed E-state index contributed by atoms with van der Waals surface area (Å²) in [7, 11) is 0. The van der Waals surface area contributed by atoms with Crippen molar-refractivity contribution in [3.05, 3.63) is 29.3 Å². The molecule has 0 unspecified atom stereocenters. The lowest BCUT2D eigenvalue weighted by Gasteiger charge is -2.32. The van der Waals surface area contributed by atoms with Crippen molar-refractivity contribution in [2.24, 2.45) is 0 Å². The van der Waals surface area contributed by atoms with E-state index in [2.05, 4.69) is 36.9 Å². The molecule has 118 valence electrons. The number of hydrogen-bond acceptors (Lipinski definition) is 4. The SMILES string of the molecule is Cc1ccc(OC2CCN(CCOCCO)CC2)cc1C. The van der Waals surface area contributed by atoms with Gasteiger partial charge in [-0.3, -0.25) is 0 Å². The Morgan fingerprint density at radius 2 is 1.90 bits per heavy atom. The highest BCUT2D eigenvalue weighted by atomic mass is 16.5. The number of likely N-dealkylation sites (tertiary alicyclic amines) is 1. The third kappa shape index (κ3) is 5.30. The average molecular weight is 293 g/mol. The Morgan fingerprint density at radius 3 is 2.57 bits per heavy atom. The summed E-state index contributed by atoms with van der Waals surface area (Å²) in [5.74, 6) is 0.989. The zero-order chi connectivity index (χ0) is 15.1. The van der Waals surface area contributed by atoms with E-state index in [0.717, 1.165) is 38.2 Å². The fourth-order valence-electron chi connectivity index (χ4n) is 2.59. The van der Waals surface area contributed by atoms with Crippen molar-refractivity contribution in [2.75, 3.05) is 39.5 Å². The Balaban J connectivity index is 1.70. The smallest absolute Gasteiger partial charge is 0.120 e. The highest BCUT2D eigenvalue weighted by Crippen LogP contribution is 2.21. The summed E-state index contributed by atoms with van der Waals surface area (Å²) in [4.78, 5) is 2.40. The van der Waals surface area contributed by atoms with Crippen LogP contribution < -0.4 is 4.74 Å². The van der Waals surface area contributed by atoms with Crippen molar-refractivity contribution in [3.63, 3.8) is 0 Å². The standard InChI is InChI=1S/C17H27NO3/c1-14-3-4-17(13-15(14)2)21-16-5-7-18(8-6-16)9-11-20-12-10-19/h3-4,13,16,19H,5-12H2,1-2H3. The second-order valence-electron chi connectivity index (χ2n) is 5.74. The summed E-state index contributed by atoms with van der Waals surface area (Å²) in [6.45, 7) is 8.53. The predicted octanol–water partition coefficient (Wildman–Crippen LogP) is 2.16. The molecule has 0 spiro atoms. The molecule has 1 saturated heterocycles. The lowest BCUT2D eigenvalue weighted by atomic mass is 10.1. The van der Waals surface area contributed by atoms with Gasteiger partial charge in [0.15, 0.2) is 0 Å². The van der Waals surface area contributed by atoms with Crippen LogP contribution in [-0.2, 0) is 4.74 Å². The van der Waals surface area contributed by atoms with Gasteiger partial charge in [0.2, 0.25) is 0 Å². The van der Waals surface area contributed by atoms with Gasteiger partial charge in [-0.2, -0.15) is 0 Å². The van der Waals surface area contributed by atoms with Crippen LogP contribution >= 0.6 is 0 Å². The summed E-state index contributed by atoms with van der Waals surface area (Å²) in [5, 5.41) is 8.66.